The normalized spacial score (nSPS) is 14.9. The molecular formula is C18H21N3O3. The third kappa shape index (κ3) is 2.95. The maximum atomic E-state index is 12.4. The summed E-state index contributed by atoms with van der Waals surface area (Å²) in [6, 6.07) is 8.16. The molecule has 1 fully saturated rings. The SMILES string of the molecule is O=c1[nH]c(CN(CCCCO)C2CC2)nc2c1oc1ccccc12. The number of fused-ring (bicyclic) bond motifs is 3. The molecule has 126 valence electrons. The zero-order valence-electron chi connectivity index (χ0n) is 13.5. The van der Waals surface area contributed by atoms with Gasteiger partial charge in [-0.15, -0.1) is 0 Å². The van der Waals surface area contributed by atoms with Crippen LogP contribution in [0.4, 0.5) is 0 Å². The number of aliphatic hydroxyl groups excluding tert-OH is 1. The van der Waals surface area contributed by atoms with Gasteiger partial charge in [0.15, 0.2) is 0 Å². The summed E-state index contributed by atoms with van der Waals surface area (Å²) in [7, 11) is 0. The summed E-state index contributed by atoms with van der Waals surface area (Å²) < 4.78 is 5.63. The Morgan fingerprint density at radius 3 is 2.92 bits per heavy atom. The van der Waals surface area contributed by atoms with E-state index >= 15 is 0 Å². The number of aromatic nitrogens is 2. The van der Waals surface area contributed by atoms with E-state index in [2.05, 4.69) is 14.9 Å². The predicted octanol–water partition coefficient (Wildman–Crippen LogP) is 2.41. The van der Waals surface area contributed by atoms with Crippen molar-refractivity contribution in [2.75, 3.05) is 13.2 Å². The predicted molar refractivity (Wildman–Crippen MR) is 91.9 cm³/mol. The van der Waals surface area contributed by atoms with Crippen molar-refractivity contribution in [2.45, 2.75) is 38.3 Å². The molecule has 24 heavy (non-hydrogen) atoms. The highest BCUT2D eigenvalue weighted by atomic mass is 16.3. The van der Waals surface area contributed by atoms with E-state index in [9.17, 15) is 4.79 Å². The molecule has 0 amide bonds. The lowest BCUT2D eigenvalue weighted by molar-refractivity contribution is 0.225. The van der Waals surface area contributed by atoms with Crippen molar-refractivity contribution in [1.82, 2.24) is 14.9 Å². The van der Waals surface area contributed by atoms with E-state index in [-0.39, 0.29) is 12.2 Å². The number of hydrogen-bond donors (Lipinski definition) is 2. The molecule has 2 N–H and O–H groups in total. The number of benzene rings is 1. The van der Waals surface area contributed by atoms with Crippen molar-refractivity contribution in [2.24, 2.45) is 0 Å². The summed E-state index contributed by atoms with van der Waals surface area (Å²) in [5, 5.41) is 9.84. The van der Waals surface area contributed by atoms with Crippen molar-refractivity contribution in [3.63, 3.8) is 0 Å². The highest BCUT2D eigenvalue weighted by Crippen LogP contribution is 2.29. The second-order valence-corrected chi connectivity index (χ2v) is 6.42. The third-order valence-electron chi connectivity index (χ3n) is 4.55. The van der Waals surface area contributed by atoms with Gasteiger partial charge < -0.3 is 14.5 Å². The van der Waals surface area contributed by atoms with Gasteiger partial charge in [-0.2, -0.15) is 0 Å². The Kier molecular flexibility index (Phi) is 4.08. The van der Waals surface area contributed by atoms with E-state index in [0.717, 1.165) is 24.8 Å². The first-order chi connectivity index (χ1) is 11.8. The van der Waals surface area contributed by atoms with Crippen molar-refractivity contribution < 1.29 is 9.52 Å². The lowest BCUT2D eigenvalue weighted by Crippen LogP contribution is -2.29. The van der Waals surface area contributed by atoms with Crippen LogP contribution in [0.15, 0.2) is 33.5 Å². The van der Waals surface area contributed by atoms with Gasteiger partial charge in [0.1, 0.15) is 16.9 Å². The molecule has 0 radical (unpaired) electrons. The molecule has 0 saturated heterocycles. The number of unbranched alkanes of at least 4 members (excludes halogenated alkanes) is 1. The van der Waals surface area contributed by atoms with Crippen LogP contribution in [0, 0.1) is 0 Å². The summed E-state index contributed by atoms with van der Waals surface area (Å²) in [5.74, 6) is 0.676. The van der Waals surface area contributed by atoms with Crippen LogP contribution in [0.5, 0.6) is 0 Å². The van der Waals surface area contributed by atoms with Crippen molar-refractivity contribution in [1.29, 1.82) is 0 Å². The minimum Gasteiger partial charge on any atom is -0.449 e. The van der Waals surface area contributed by atoms with Gasteiger partial charge in [0.2, 0.25) is 5.58 Å². The lowest BCUT2D eigenvalue weighted by Gasteiger charge is -2.21. The number of nitrogens with zero attached hydrogens (tertiary/aromatic N) is 2. The topological polar surface area (TPSA) is 82.4 Å². The van der Waals surface area contributed by atoms with Crippen LogP contribution in [0.1, 0.15) is 31.5 Å². The molecule has 0 bridgehead atoms. The van der Waals surface area contributed by atoms with Gasteiger partial charge in [0.25, 0.3) is 5.56 Å². The van der Waals surface area contributed by atoms with Crippen LogP contribution < -0.4 is 5.56 Å². The monoisotopic (exact) mass is 327 g/mol. The second kappa shape index (κ2) is 6.37. The first kappa shape index (κ1) is 15.4. The maximum absolute atomic E-state index is 12.4. The Morgan fingerprint density at radius 1 is 1.29 bits per heavy atom. The number of rotatable bonds is 7. The molecule has 4 rings (SSSR count). The Balaban J connectivity index is 1.66. The molecule has 2 heterocycles. The number of aromatic amines is 1. The van der Waals surface area contributed by atoms with Gasteiger partial charge >= 0.3 is 0 Å². The quantitative estimate of drug-likeness (QED) is 0.651. The van der Waals surface area contributed by atoms with Crippen molar-refractivity contribution in [3.05, 3.63) is 40.4 Å². The summed E-state index contributed by atoms with van der Waals surface area (Å²) in [4.78, 5) is 22.2. The van der Waals surface area contributed by atoms with Crippen LogP contribution in [-0.4, -0.2) is 39.2 Å². The van der Waals surface area contributed by atoms with Crippen LogP contribution in [0.2, 0.25) is 0 Å². The standard InChI is InChI=1S/C18H21N3O3/c22-10-4-3-9-21(12-7-8-12)11-15-19-16-13-5-1-2-6-14(13)24-17(16)18(23)20-15/h1-2,5-6,12,22H,3-4,7-11H2,(H,19,20,23). The fourth-order valence-corrected chi connectivity index (χ4v) is 3.17. The number of aliphatic hydroxyl groups is 1. The molecule has 6 heteroatoms. The highest BCUT2D eigenvalue weighted by molar-refractivity contribution is 6.01. The summed E-state index contributed by atoms with van der Waals surface area (Å²) in [6.45, 7) is 1.76. The van der Waals surface area contributed by atoms with E-state index in [1.54, 1.807) is 0 Å². The Labute approximate surface area is 139 Å². The number of para-hydroxylation sites is 1. The van der Waals surface area contributed by atoms with Gasteiger partial charge in [-0.1, -0.05) is 12.1 Å². The third-order valence-corrected chi connectivity index (χ3v) is 4.55. The molecule has 0 spiro atoms. The second-order valence-electron chi connectivity index (χ2n) is 6.42. The lowest BCUT2D eigenvalue weighted by atomic mass is 10.2. The fourth-order valence-electron chi connectivity index (χ4n) is 3.17. The number of furan rings is 1. The molecule has 0 atom stereocenters. The Bertz CT molecular complexity index is 911. The number of nitrogens with one attached hydrogen (secondary N) is 1. The van der Waals surface area contributed by atoms with E-state index in [0.29, 0.717) is 35.1 Å². The van der Waals surface area contributed by atoms with E-state index in [4.69, 9.17) is 9.52 Å². The van der Waals surface area contributed by atoms with Gasteiger partial charge in [-0.05, 0) is 44.4 Å². The molecular weight excluding hydrogens is 306 g/mol. The van der Waals surface area contributed by atoms with E-state index in [1.165, 1.54) is 12.8 Å². The Hall–Kier alpha value is -2.18. The minimum atomic E-state index is -0.225. The van der Waals surface area contributed by atoms with E-state index in [1.807, 2.05) is 24.3 Å². The van der Waals surface area contributed by atoms with Gasteiger partial charge in [0.05, 0.1) is 6.54 Å². The summed E-state index contributed by atoms with van der Waals surface area (Å²) >= 11 is 0. The van der Waals surface area contributed by atoms with Crippen LogP contribution in [-0.2, 0) is 6.54 Å². The average Bonchev–Trinajstić information content (AvgIpc) is 3.36. The molecule has 3 aromatic rings. The summed E-state index contributed by atoms with van der Waals surface area (Å²) in [5.41, 5.74) is 1.38. The van der Waals surface area contributed by atoms with Crippen LogP contribution in [0.3, 0.4) is 0 Å². The highest BCUT2D eigenvalue weighted by Gasteiger charge is 2.29. The van der Waals surface area contributed by atoms with Crippen molar-refractivity contribution in [3.8, 4) is 0 Å². The molecule has 0 aliphatic heterocycles. The van der Waals surface area contributed by atoms with Gasteiger partial charge in [0, 0.05) is 18.0 Å². The smallest absolute Gasteiger partial charge is 0.294 e. The van der Waals surface area contributed by atoms with Gasteiger partial charge in [-0.3, -0.25) is 9.69 Å². The molecule has 1 aliphatic carbocycles. The number of hydrogen-bond acceptors (Lipinski definition) is 5. The fraction of sp³-hybridized carbons (Fsp3) is 0.444. The molecule has 1 aromatic carbocycles. The molecule has 6 nitrogen and oxygen atoms in total. The van der Waals surface area contributed by atoms with Crippen LogP contribution >= 0.6 is 0 Å². The molecule has 2 aromatic heterocycles. The van der Waals surface area contributed by atoms with Crippen molar-refractivity contribution >= 4 is 22.1 Å². The first-order valence-corrected chi connectivity index (χ1v) is 8.51. The Morgan fingerprint density at radius 2 is 2.12 bits per heavy atom. The number of H-pyrrole nitrogens is 1. The van der Waals surface area contributed by atoms with Gasteiger partial charge in [-0.25, -0.2) is 4.98 Å². The molecule has 1 aliphatic rings. The molecule has 1 saturated carbocycles. The summed E-state index contributed by atoms with van der Waals surface area (Å²) in [6.07, 6.45) is 4.15. The zero-order chi connectivity index (χ0) is 16.5. The van der Waals surface area contributed by atoms with Crippen LogP contribution in [0.25, 0.3) is 22.1 Å². The average molecular weight is 327 g/mol. The molecule has 0 unspecified atom stereocenters. The largest absolute Gasteiger partial charge is 0.449 e. The maximum Gasteiger partial charge on any atom is 0.294 e. The zero-order valence-corrected chi connectivity index (χ0v) is 13.5. The van der Waals surface area contributed by atoms with E-state index < -0.39 is 0 Å². The minimum absolute atomic E-state index is 0.223. The first-order valence-electron chi connectivity index (χ1n) is 8.51.